The zero-order valence-corrected chi connectivity index (χ0v) is 21.1. The topological polar surface area (TPSA) is 75.6 Å². The van der Waals surface area contributed by atoms with Gasteiger partial charge in [0.2, 0.25) is 0 Å². The number of rotatable bonds is 11. The maximum atomic E-state index is 15.6. The lowest BCUT2D eigenvalue weighted by Crippen LogP contribution is -2.42. The van der Waals surface area contributed by atoms with E-state index in [0.29, 0.717) is 35.9 Å². The minimum absolute atomic E-state index is 0.0103. The highest BCUT2D eigenvalue weighted by atomic mass is 32.2. The predicted molar refractivity (Wildman–Crippen MR) is 137 cm³/mol. The number of aromatic nitrogens is 2. The van der Waals surface area contributed by atoms with Crippen molar-refractivity contribution in [2.45, 2.75) is 43.3 Å². The molecule has 36 heavy (non-hydrogen) atoms. The summed E-state index contributed by atoms with van der Waals surface area (Å²) in [6.07, 6.45) is 3.02. The first-order valence-corrected chi connectivity index (χ1v) is 13.1. The van der Waals surface area contributed by atoms with Crippen LogP contribution in [0.1, 0.15) is 43.8 Å². The lowest BCUT2D eigenvalue weighted by atomic mass is 9.71. The standard InChI is InChI=1S/C27H31F2N3O3S/c1-35-19-5-6-23-20(16-19)26(22(29)18-31-23)21(28)7-8-27(17-25(33)34)9-12-32(13-10-27)14-15-36-24-4-2-3-11-30-24/h2-6,11,16,18,21H,7-10,12-15,17H2,1H3,(H,33,34)/t21-/m0/s1. The largest absolute Gasteiger partial charge is 0.497 e. The number of fused-ring (bicyclic) bond motifs is 1. The van der Waals surface area contributed by atoms with Gasteiger partial charge in [-0.3, -0.25) is 9.78 Å². The average Bonchev–Trinajstić information content (AvgIpc) is 2.88. The first-order valence-electron chi connectivity index (χ1n) is 12.1. The van der Waals surface area contributed by atoms with Crippen LogP contribution in [0.3, 0.4) is 0 Å². The zero-order valence-electron chi connectivity index (χ0n) is 20.3. The van der Waals surface area contributed by atoms with E-state index in [2.05, 4.69) is 14.9 Å². The van der Waals surface area contributed by atoms with Crippen LogP contribution in [-0.2, 0) is 4.79 Å². The molecular weight excluding hydrogens is 484 g/mol. The van der Waals surface area contributed by atoms with Crippen molar-refractivity contribution in [3.8, 4) is 5.75 Å². The molecule has 0 unspecified atom stereocenters. The van der Waals surface area contributed by atoms with Crippen LogP contribution in [0.5, 0.6) is 5.75 Å². The number of hydrogen-bond acceptors (Lipinski definition) is 6. The Labute approximate surface area is 214 Å². The maximum Gasteiger partial charge on any atom is 0.303 e. The average molecular weight is 516 g/mol. The van der Waals surface area contributed by atoms with Crippen LogP contribution in [0.15, 0.2) is 53.8 Å². The Morgan fingerprint density at radius 1 is 1.25 bits per heavy atom. The minimum atomic E-state index is -1.57. The fourth-order valence-corrected chi connectivity index (χ4v) is 5.86. The summed E-state index contributed by atoms with van der Waals surface area (Å²) >= 11 is 1.70. The lowest BCUT2D eigenvalue weighted by Gasteiger charge is -2.41. The fraction of sp³-hybridized carbons (Fsp3) is 0.444. The molecule has 1 atom stereocenters. The summed E-state index contributed by atoms with van der Waals surface area (Å²) in [6.45, 7) is 2.40. The Morgan fingerprint density at radius 2 is 2.06 bits per heavy atom. The number of carboxylic acid groups (broad SMARTS) is 1. The second-order valence-corrected chi connectivity index (χ2v) is 10.5. The van der Waals surface area contributed by atoms with Gasteiger partial charge in [0.05, 0.1) is 30.3 Å². The van der Waals surface area contributed by atoms with E-state index < -0.39 is 23.4 Å². The number of likely N-dealkylation sites (tertiary alicyclic amines) is 1. The third-order valence-electron chi connectivity index (χ3n) is 7.05. The van der Waals surface area contributed by atoms with Gasteiger partial charge < -0.3 is 14.7 Å². The van der Waals surface area contributed by atoms with Gasteiger partial charge in [-0.05, 0) is 74.5 Å². The number of benzene rings is 1. The highest BCUT2D eigenvalue weighted by molar-refractivity contribution is 7.99. The number of thioether (sulfide) groups is 1. The molecule has 1 N–H and O–H groups in total. The summed E-state index contributed by atoms with van der Waals surface area (Å²) in [5.41, 5.74) is -0.0435. The van der Waals surface area contributed by atoms with Gasteiger partial charge in [-0.15, -0.1) is 11.8 Å². The zero-order chi connectivity index (χ0) is 25.5. The predicted octanol–water partition coefficient (Wildman–Crippen LogP) is 5.92. The van der Waals surface area contributed by atoms with Crippen molar-refractivity contribution in [2.24, 2.45) is 5.41 Å². The van der Waals surface area contributed by atoms with Crippen LogP contribution < -0.4 is 4.74 Å². The number of piperidine rings is 1. The molecule has 0 radical (unpaired) electrons. The van der Waals surface area contributed by atoms with Gasteiger partial charge in [-0.2, -0.15) is 0 Å². The van der Waals surface area contributed by atoms with E-state index in [1.54, 1.807) is 36.2 Å². The van der Waals surface area contributed by atoms with Crippen molar-refractivity contribution in [1.29, 1.82) is 0 Å². The van der Waals surface area contributed by atoms with Crippen molar-refractivity contribution >= 4 is 28.6 Å². The van der Waals surface area contributed by atoms with Crippen molar-refractivity contribution in [3.63, 3.8) is 0 Å². The summed E-state index contributed by atoms with van der Waals surface area (Å²) in [6, 6.07) is 10.8. The third-order valence-corrected chi connectivity index (χ3v) is 7.97. The number of methoxy groups -OCH3 is 1. The fourth-order valence-electron chi connectivity index (χ4n) is 4.99. The number of nitrogens with zero attached hydrogens (tertiary/aromatic N) is 3. The highest BCUT2D eigenvalue weighted by Gasteiger charge is 2.37. The highest BCUT2D eigenvalue weighted by Crippen LogP contribution is 2.43. The normalized spacial score (nSPS) is 16.6. The smallest absolute Gasteiger partial charge is 0.303 e. The molecule has 1 saturated heterocycles. The van der Waals surface area contributed by atoms with Crippen molar-refractivity contribution in [2.75, 3.05) is 32.5 Å². The molecule has 0 spiro atoms. The van der Waals surface area contributed by atoms with Gasteiger partial charge in [0.1, 0.15) is 17.7 Å². The van der Waals surface area contributed by atoms with Gasteiger partial charge >= 0.3 is 5.97 Å². The number of halogens is 2. The quantitative estimate of drug-likeness (QED) is 0.318. The Balaban J connectivity index is 1.39. The molecule has 0 saturated carbocycles. The van der Waals surface area contributed by atoms with Crippen molar-refractivity contribution < 1.29 is 23.4 Å². The minimum Gasteiger partial charge on any atom is -0.497 e. The molecule has 1 fully saturated rings. The number of pyridine rings is 2. The van der Waals surface area contributed by atoms with E-state index >= 15 is 4.39 Å². The van der Waals surface area contributed by atoms with Gasteiger partial charge in [0.15, 0.2) is 0 Å². The first-order chi connectivity index (χ1) is 17.4. The van der Waals surface area contributed by atoms with E-state index in [1.807, 2.05) is 18.2 Å². The number of ether oxygens (including phenoxy) is 1. The van der Waals surface area contributed by atoms with Crippen molar-refractivity contribution in [1.82, 2.24) is 14.9 Å². The van der Waals surface area contributed by atoms with Gasteiger partial charge in [0, 0.05) is 29.4 Å². The maximum absolute atomic E-state index is 15.6. The number of carboxylic acids is 1. The molecule has 9 heteroatoms. The summed E-state index contributed by atoms with van der Waals surface area (Å²) in [4.78, 5) is 22.4. The molecular formula is C27H31F2N3O3S. The molecule has 6 nitrogen and oxygen atoms in total. The van der Waals surface area contributed by atoms with Crippen LogP contribution in [0.4, 0.5) is 8.78 Å². The van der Waals surface area contributed by atoms with Gasteiger partial charge in [0.25, 0.3) is 0 Å². The number of hydrogen-bond donors (Lipinski definition) is 1. The van der Waals surface area contributed by atoms with Crippen LogP contribution in [-0.4, -0.2) is 58.4 Å². The van der Waals surface area contributed by atoms with E-state index in [0.717, 1.165) is 36.6 Å². The van der Waals surface area contributed by atoms with Crippen LogP contribution >= 0.6 is 11.8 Å². The van der Waals surface area contributed by atoms with Crippen molar-refractivity contribution in [3.05, 3.63) is 60.2 Å². The lowest BCUT2D eigenvalue weighted by molar-refractivity contribution is -0.141. The number of aliphatic carboxylic acids is 1. The van der Waals surface area contributed by atoms with Gasteiger partial charge in [-0.1, -0.05) is 6.07 Å². The SMILES string of the molecule is COc1ccc2ncc(F)c([C@@H](F)CCC3(CC(=O)O)CCN(CCSc4ccccn4)CC3)c2c1. The molecule has 192 valence electrons. The van der Waals surface area contributed by atoms with E-state index in [-0.39, 0.29) is 18.4 Å². The monoisotopic (exact) mass is 515 g/mol. The number of alkyl halides is 1. The Bertz CT molecular complexity index is 1170. The molecule has 0 aliphatic carbocycles. The Morgan fingerprint density at radius 3 is 2.75 bits per heavy atom. The Kier molecular flexibility index (Phi) is 8.74. The molecule has 1 aliphatic rings. The molecule has 3 aromatic rings. The van der Waals surface area contributed by atoms with Crippen LogP contribution in [0, 0.1) is 11.2 Å². The summed E-state index contributed by atoms with van der Waals surface area (Å²) in [7, 11) is 1.50. The molecule has 0 amide bonds. The van der Waals surface area contributed by atoms with E-state index in [9.17, 15) is 14.3 Å². The molecule has 3 heterocycles. The summed E-state index contributed by atoms with van der Waals surface area (Å²) in [5.74, 6) is -0.183. The molecule has 2 aromatic heterocycles. The first kappa shape index (κ1) is 26.3. The van der Waals surface area contributed by atoms with Crippen LogP contribution in [0.2, 0.25) is 0 Å². The molecule has 1 aromatic carbocycles. The second-order valence-electron chi connectivity index (χ2n) is 9.34. The van der Waals surface area contributed by atoms with Crippen LogP contribution in [0.25, 0.3) is 10.9 Å². The van der Waals surface area contributed by atoms with E-state index in [4.69, 9.17) is 4.74 Å². The molecule has 1 aliphatic heterocycles. The third kappa shape index (κ3) is 6.50. The molecule has 0 bridgehead atoms. The van der Waals surface area contributed by atoms with Gasteiger partial charge in [-0.25, -0.2) is 13.8 Å². The molecule has 4 rings (SSSR count). The summed E-state index contributed by atoms with van der Waals surface area (Å²) in [5, 5.41) is 11.0. The second kappa shape index (κ2) is 12.0. The summed E-state index contributed by atoms with van der Waals surface area (Å²) < 4.78 is 35.5. The Hall–Kier alpha value is -2.78. The number of carbonyl (C=O) groups is 1. The van der Waals surface area contributed by atoms with E-state index in [1.165, 1.54) is 7.11 Å².